The Morgan fingerprint density at radius 1 is 1.00 bits per heavy atom. The molecule has 8 heavy (non-hydrogen) atoms. The normalized spacial score (nSPS) is 18.0. The average Bonchev–Trinajstić information content (AvgIpc) is 1.61. The van der Waals surface area contributed by atoms with E-state index >= 15 is 0 Å². The van der Waals surface area contributed by atoms with Crippen LogP contribution in [0, 0.1) is 0 Å². The molecule has 2 nitrogen and oxygen atoms in total. The van der Waals surface area contributed by atoms with E-state index in [0.717, 1.165) is 0 Å². The molecule has 0 unspecified atom stereocenters. The van der Waals surface area contributed by atoms with Gasteiger partial charge < -0.3 is 10.2 Å². The van der Waals surface area contributed by atoms with E-state index in [0.29, 0.717) is 12.8 Å². The van der Waals surface area contributed by atoms with E-state index in [-0.39, 0.29) is 12.2 Å². The Kier molecular flexibility index (Phi) is 3.83. The van der Waals surface area contributed by atoms with Gasteiger partial charge in [-0.05, 0) is 26.7 Å². The van der Waals surface area contributed by atoms with Crippen molar-refractivity contribution in [3.05, 3.63) is 0 Å². The number of hydrogen-bond acceptors (Lipinski definition) is 2. The van der Waals surface area contributed by atoms with Crippen molar-refractivity contribution in [2.75, 3.05) is 0 Å². The van der Waals surface area contributed by atoms with Crippen molar-refractivity contribution in [1.82, 2.24) is 0 Å². The largest absolute Gasteiger partial charge is 0.393 e. The number of hydrogen-bond donors (Lipinski definition) is 2. The van der Waals surface area contributed by atoms with Gasteiger partial charge in [-0.25, -0.2) is 0 Å². The molecule has 0 aromatic heterocycles. The van der Waals surface area contributed by atoms with Crippen LogP contribution in [-0.2, 0) is 0 Å². The van der Waals surface area contributed by atoms with Gasteiger partial charge in [0.15, 0.2) is 0 Å². The van der Waals surface area contributed by atoms with Crippen molar-refractivity contribution in [2.24, 2.45) is 0 Å². The molecule has 0 aromatic carbocycles. The minimum Gasteiger partial charge on any atom is -0.393 e. The van der Waals surface area contributed by atoms with Crippen LogP contribution >= 0.6 is 0 Å². The monoisotopic (exact) mass is 118 g/mol. The van der Waals surface area contributed by atoms with Crippen LogP contribution in [0.5, 0.6) is 0 Å². The molecule has 50 valence electrons. The van der Waals surface area contributed by atoms with Gasteiger partial charge in [0.05, 0.1) is 12.2 Å². The van der Waals surface area contributed by atoms with Crippen LogP contribution in [0.15, 0.2) is 0 Å². The maximum Gasteiger partial charge on any atom is 0.0513 e. The van der Waals surface area contributed by atoms with Gasteiger partial charge in [-0.2, -0.15) is 0 Å². The van der Waals surface area contributed by atoms with E-state index in [9.17, 15) is 0 Å². The van der Waals surface area contributed by atoms with Crippen molar-refractivity contribution >= 4 is 0 Å². The lowest BCUT2D eigenvalue weighted by Crippen LogP contribution is -2.06. The van der Waals surface area contributed by atoms with Crippen LogP contribution in [0.3, 0.4) is 0 Å². The third kappa shape index (κ3) is 5.92. The number of rotatable bonds is 3. The van der Waals surface area contributed by atoms with Crippen LogP contribution in [0.2, 0.25) is 0 Å². The van der Waals surface area contributed by atoms with Crippen LogP contribution < -0.4 is 0 Å². The van der Waals surface area contributed by atoms with E-state index < -0.39 is 0 Å². The van der Waals surface area contributed by atoms with Gasteiger partial charge in [0.25, 0.3) is 0 Å². The molecular formula is C6H14O2. The Labute approximate surface area is 50.2 Å². The average molecular weight is 118 g/mol. The third-order valence-electron chi connectivity index (χ3n) is 1.00. The minimum atomic E-state index is -0.274. The molecule has 0 saturated carbocycles. The quantitative estimate of drug-likeness (QED) is 0.567. The highest BCUT2D eigenvalue weighted by molar-refractivity contribution is 4.51. The predicted molar refractivity (Wildman–Crippen MR) is 32.6 cm³/mol. The Hall–Kier alpha value is -0.0800. The zero-order valence-electron chi connectivity index (χ0n) is 5.46. The Morgan fingerprint density at radius 2 is 1.25 bits per heavy atom. The second-order valence-electron chi connectivity index (χ2n) is 2.28. The van der Waals surface area contributed by atoms with Crippen molar-refractivity contribution in [1.29, 1.82) is 0 Å². The summed E-state index contributed by atoms with van der Waals surface area (Å²) in [4.78, 5) is 0. The summed E-state index contributed by atoms with van der Waals surface area (Å²) in [5.74, 6) is 0. The summed E-state index contributed by atoms with van der Waals surface area (Å²) in [6, 6.07) is 0. The van der Waals surface area contributed by atoms with Gasteiger partial charge in [-0.1, -0.05) is 0 Å². The lowest BCUT2D eigenvalue weighted by molar-refractivity contribution is 0.133. The maximum absolute atomic E-state index is 8.69. The smallest absolute Gasteiger partial charge is 0.0513 e. The van der Waals surface area contributed by atoms with Gasteiger partial charge >= 0.3 is 0 Å². The molecule has 0 aliphatic rings. The highest BCUT2D eigenvalue weighted by Crippen LogP contribution is 1.98. The molecule has 0 aliphatic carbocycles. The molecule has 0 fully saturated rings. The number of aliphatic hydroxyl groups is 2. The molecule has 0 radical (unpaired) electrons. The fourth-order valence-electron chi connectivity index (χ4n) is 0.482. The first-order valence-electron chi connectivity index (χ1n) is 2.99. The summed E-state index contributed by atoms with van der Waals surface area (Å²) in [6.07, 6.45) is 0.837. The fourth-order valence-corrected chi connectivity index (χ4v) is 0.482. The SMILES string of the molecule is C[C@@H](O)CC[C@@H](C)O. The van der Waals surface area contributed by atoms with E-state index in [4.69, 9.17) is 10.2 Å². The first kappa shape index (κ1) is 7.92. The number of aliphatic hydroxyl groups excluding tert-OH is 2. The minimum absolute atomic E-state index is 0.274. The van der Waals surface area contributed by atoms with Crippen molar-refractivity contribution < 1.29 is 10.2 Å². The second kappa shape index (κ2) is 3.87. The molecule has 0 spiro atoms. The van der Waals surface area contributed by atoms with E-state index in [2.05, 4.69) is 0 Å². The summed E-state index contributed by atoms with van der Waals surface area (Å²) >= 11 is 0. The van der Waals surface area contributed by atoms with E-state index in [1.807, 2.05) is 0 Å². The summed E-state index contributed by atoms with van der Waals surface area (Å²) in [5.41, 5.74) is 0. The third-order valence-corrected chi connectivity index (χ3v) is 1.00. The zero-order chi connectivity index (χ0) is 6.57. The topological polar surface area (TPSA) is 40.5 Å². The molecule has 0 amide bonds. The van der Waals surface area contributed by atoms with Gasteiger partial charge in [0.2, 0.25) is 0 Å². The zero-order valence-corrected chi connectivity index (χ0v) is 5.46. The molecule has 0 rings (SSSR count). The van der Waals surface area contributed by atoms with Gasteiger partial charge in [0.1, 0.15) is 0 Å². The van der Waals surface area contributed by atoms with Gasteiger partial charge in [0, 0.05) is 0 Å². The Bertz CT molecular complexity index is 42.5. The first-order chi connectivity index (χ1) is 3.63. The highest BCUT2D eigenvalue weighted by Gasteiger charge is 1.98. The molecule has 2 heteroatoms. The molecule has 0 heterocycles. The lowest BCUT2D eigenvalue weighted by Gasteiger charge is -2.04. The van der Waals surface area contributed by atoms with Gasteiger partial charge in [-0.15, -0.1) is 0 Å². The van der Waals surface area contributed by atoms with Crippen molar-refractivity contribution in [3.63, 3.8) is 0 Å². The standard InChI is InChI=1S/C6H14O2/c1-5(7)3-4-6(2)8/h5-8H,3-4H2,1-2H3/t5-,6-/m1/s1. The van der Waals surface area contributed by atoms with E-state index in [1.54, 1.807) is 13.8 Å². The van der Waals surface area contributed by atoms with Gasteiger partial charge in [-0.3, -0.25) is 0 Å². The lowest BCUT2D eigenvalue weighted by atomic mass is 10.1. The molecule has 2 atom stereocenters. The molecule has 0 aliphatic heterocycles. The summed E-state index contributed by atoms with van der Waals surface area (Å²) < 4.78 is 0. The fraction of sp³-hybridized carbons (Fsp3) is 1.00. The Morgan fingerprint density at radius 3 is 1.38 bits per heavy atom. The van der Waals surface area contributed by atoms with Crippen molar-refractivity contribution in [3.8, 4) is 0 Å². The highest BCUT2D eigenvalue weighted by atomic mass is 16.3. The van der Waals surface area contributed by atoms with Crippen LogP contribution in [-0.4, -0.2) is 22.4 Å². The van der Waals surface area contributed by atoms with Crippen LogP contribution in [0.1, 0.15) is 26.7 Å². The second-order valence-corrected chi connectivity index (χ2v) is 2.28. The predicted octanol–water partition coefficient (Wildman–Crippen LogP) is 0.528. The van der Waals surface area contributed by atoms with E-state index in [1.165, 1.54) is 0 Å². The Balaban J connectivity index is 2.93. The van der Waals surface area contributed by atoms with Crippen molar-refractivity contribution in [2.45, 2.75) is 38.9 Å². The summed E-state index contributed by atoms with van der Waals surface area (Å²) in [6.45, 7) is 3.45. The molecule has 2 N–H and O–H groups in total. The first-order valence-corrected chi connectivity index (χ1v) is 2.99. The van der Waals surface area contributed by atoms with Crippen LogP contribution in [0.25, 0.3) is 0 Å². The molecular weight excluding hydrogens is 104 g/mol. The van der Waals surface area contributed by atoms with Crippen LogP contribution in [0.4, 0.5) is 0 Å². The molecule has 0 saturated heterocycles. The molecule has 0 bridgehead atoms. The maximum atomic E-state index is 8.69. The summed E-state index contributed by atoms with van der Waals surface area (Å²) in [7, 11) is 0. The summed E-state index contributed by atoms with van der Waals surface area (Å²) in [5, 5.41) is 17.4. The molecule has 0 aromatic rings.